The van der Waals surface area contributed by atoms with E-state index in [2.05, 4.69) is 13.8 Å². The third-order valence-corrected chi connectivity index (χ3v) is 3.60. The monoisotopic (exact) mass is 245 g/mol. The zero-order chi connectivity index (χ0) is 13.5. The molecule has 0 fully saturated rings. The summed E-state index contributed by atoms with van der Waals surface area (Å²) in [6, 6.07) is 0. The van der Waals surface area contributed by atoms with Crippen LogP contribution in [0.2, 0.25) is 0 Å². The molecule has 0 aliphatic heterocycles. The van der Waals surface area contributed by atoms with Crippen molar-refractivity contribution in [1.29, 1.82) is 0 Å². The molecule has 0 aromatic rings. The fraction of sp³-hybridized carbons (Fsp3) is 0.923. The largest absolute Gasteiger partial charge is 0.480 e. The summed E-state index contributed by atoms with van der Waals surface area (Å²) in [4.78, 5) is 13.5. The number of aliphatic carboxylic acids is 1. The van der Waals surface area contributed by atoms with Crippen LogP contribution in [0.15, 0.2) is 0 Å². The van der Waals surface area contributed by atoms with Crippen LogP contribution in [-0.2, 0) is 9.53 Å². The zero-order valence-corrected chi connectivity index (χ0v) is 11.8. The number of ether oxygens (including phenoxy) is 1. The lowest BCUT2D eigenvalue weighted by atomic mass is 9.96. The van der Waals surface area contributed by atoms with E-state index in [1.165, 1.54) is 0 Å². The lowest BCUT2D eigenvalue weighted by Gasteiger charge is -2.38. The Labute approximate surface area is 105 Å². The van der Waals surface area contributed by atoms with Crippen LogP contribution in [0.25, 0.3) is 0 Å². The van der Waals surface area contributed by atoms with Gasteiger partial charge < -0.3 is 9.84 Å². The molecule has 0 heterocycles. The Morgan fingerprint density at radius 2 is 1.88 bits per heavy atom. The smallest absolute Gasteiger partial charge is 0.326 e. The van der Waals surface area contributed by atoms with Crippen LogP contribution in [0.1, 0.15) is 40.5 Å². The van der Waals surface area contributed by atoms with Crippen molar-refractivity contribution >= 4 is 5.97 Å². The standard InChI is InChI=1S/C13H27NO3/c1-6-11(7-2)9-14(8-3)13(4,10-17-5)12(15)16/h11H,6-10H2,1-5H3,(H,15,16). The summed E-state index contributed by atoms with van der Waals surface area (Å²) >= 11 is 0. The van der Waals surface area contributed by atoms with E-state index in [1.807, 2.05) is 11.8 Å². The Balaban J connectivity index is 4.84. The van der Waals surface area contributed by atoms with Gasteiger partial charge in [0, 0.05) is 13.7 Å². The number of methoxy groups -OCH3 is 1. The third-order valence-electron chi connectivity index (χ3n) is 3.60. The van der Waals surface area contributed by atoms with Gasteiger partial charge in [-0.05, 0) is 19.4 Å². The second-order valence-electron chi connectivity index (χ2n) is 4.73. The lowest BCUT2D eigenvalue weighted by Crippen LogP contribution is -2.56. The molecule has 0 aromatic carbocycles. The van der Waals surface area contributed by atoms with Gasteiger partial charge in [-0.1, -0.05) is 33.6 Å². The van der Waals surface area contributed by atoms with Gasteiger partial charge in [-0.3, -0.25) is 9.69 Å². The number of hydrogen-bond acceptors (Lipinski definition) is 3. The molecule has 1 atom stereocenters. The van der Waals surface area contributed by atoms with Crippen molar-refractivity contribution in [2.45, 2.75) is 46.1 Å². The minimum atomic E-state index is -0.925. The van der Waals surface area contributed by atoms with Crippen molar-refractivity contribution in [3.63, 3.8) is 0 Å². The average molecular weight is 245 g/mol. The maximum absolute atomic E-state index is 11.4. The van der Waals surface area contributed by atoms with Gasteiger partial charge in [-0.15, -0.1) is 0 Å². The number of hydrogen-bond donors (Lipinski definition) is 1. The molecule has 0 rings (SSSR count). The van der Waals surface area contributed by atoms with E-state index in [9.17, 15) is 9.90 Å². The maximum atomic E-state index is 11.4. The highest BCUT2D eigenvalue weighted by Gasteiger charge is 2.39. The Kier molecular flexibility index (Phi) is 7.39. The highest BCUT2D eigenvalue weighted by atomic mass is 16.5. The number of carboxylic acid groups (broad SMARTS) is 1. The summed E-state index contributed by atoms with van der Waals surface area (Å²) in [6.45, 7) is 9.80. The highest BCUT2D eigenvalue weighted by Crippen LogP contribution is 2.20. The van der Waals surface area contributed by atoms with Crippen LogP contribution in [0.5, 0.6) is 0 Å². The van der Waals surface area contributed by atoms with Crippen LogP contribution in [0.3, 0.4) is 0 Å². The SMILES string of the molecule is CCC(CC)CN(CC)C(C)(COC)C(=O)O. The predicted molar refractivity (Wildman–Crippen MR) is 69.2 cm³/mol. The fourth-order valence-electron chi connectivity index (χ4n) is 2.11. The van der Waals surface area contributed by atoms with Crippen molar-refractivity contribution in [2.75, 3.05) is 26.8 Å². The molecular weight excluding hydrogens is 218 g/mol. The summed E-state index contributed by atoms with van der Waals surface area (Å²) in [5.41, 5.74) is -0.925. The summed E-state index contributed by atoms with van der Waals surface area (Å²) in [5, 5.41) is 9.40. The van der Waals surface area contributed by atoms with Gasteiger partial charge in [0.1, 0.15) is 5.54 Å². The maximum Gasteiger partial charge on any atom is 0.326 e. The molecule has 0 amide bonds. The van der Waals surface area contributed by atoms with Crippen LogP contribution in [0, 0.1) is 5.92 Å². The first-order chi connectivity index (χ1) is 7.96. The lowest BCUT2D eigenvalue weighted by molar-refractivity contribution is -0.154. The average Bonchev–Trinajstić information content (AvgIpc) is 2.30. The molecule has 0 bridgehead atoms. The van der Waals surface area contributed by atoms with Crippen LogP contribution >= 0.6 is 0 Å². The van der Waals surface area contributed by atoms with Gasteiger partial charge in [-0.2, -0.15) is 0 Å². The number of nitrogens with zero attached hydrogens (tertiary/aromatic N) is 1. The van der Waals surface area contributed by atoms with E-state index >= 15 is 0 Å². The summed E-state index contributed by atoms with van der Waals surface area (Å²) in [5.74, 6) is -0.266. The Hall–Kier alpha value is -0.610. The molecule has 4 heteroatoms. The van der Waals surface area contributed by atoms with Crippen LogP contribution in [-0.4, -0.2) is 48.3 Å². The molecule has 1 unspecified atom stereocenters. The molecule has 1 N–H and O–H groups in total. The molecule has 17 heavy (non-hydrogen) atoms. The van der Waals surface area contributed by atoms with Crippen LogP contribution in [0.4, 0.5) is 0 Å². The highest BCUT2D eigenvalue weighted by molar-refractivity contribution is 5.78. The first kappa shape index (κ1) is 16.4. The van der Waals surface area contributed by atoms with E-state index in [0.717, 1.165) is 25.9 Å². The minimum absolute atomic E-state index is 0.219. The topological polar surface area (TPSA) is 49.8 Å². The first-order valence-electron chi connectivity index (χ1n) is 6.43. The molecule has 0 radical (unpaired) electrons. The molecule has 0 aliphatic rings. The summed E-state index contributed by atoms with van der Waals surface area (Å²) in [6.07, 6.45) is 2.16. The predicted octanol–water partition coefficient (Wildman–Crippen LogP) is 2.23. The summed E-state index contributed by atoms with van der Waals surface area (Å²) in [7, 11) is 1.55. The Morgan fingerprint density at radius 3 is 2.18 bits per heavy atom. The molecule has 4 nitrogen and oxygen atoms in total. The van der Waals surface area contributed by atoms with Crippen LogP contribution < -0.4 is 0 Å². The number of rotatable bonds is 9. The molecule has 0 spiro atoms. The third kappa shape index (κ3) is 4.28. The summed E-state index contributed by atoms with van der Waals surface area (Å²) < 4.78 is 5.08. The van der Waals surface area contributed by atoms with Gasteiger partial charge in [0.2, 0.25) is 0 Å². The molecule has 0 saturated carbocycles. The van der Waals surface area contributed by atoms with E-state index in [4.69, 9.17) is 4.74 Å². The second-order valence-corrected chi connectivity index (χ2v) is 4.73. The van der Waals surface area contributed by atoms with Gasteiger partial charge in [0.05, 0.1) is 6.61 Å². The second kappa shape index (κ2) is 7.67. The number of carboxylic acids is 1. The van der Waals surface area contributed by atoms with Crippen molar-refractivity contribution in [1.82, 2.24) is 4.90 Å². The van der Waals surface area contributed by atoms with Crippen molar-refractivity contribution < 1.29 is 14.6 Å². The van der Waals surface area contributed by atoms with Crippen molar-refractivity contribution in [3.05, 3.63) is 0 Å². The van der Waals surface area contributed by atoms with Gasteiger partial charge in [0.25, 0.3) is 0 Å². The van der Waals surface area contributed by atoms with Crippen molar-refractivity contribution in [2.24, 2.45) is 5.92 Å². The van der Waals surface area contributed by atoms with E-state index in [-0.39, 0.29) is 6.61 Å². The number of carbonyl (C=O) groups is 1. The molecule has 0 saturated heterocycles. The first-order valence-corrected chi connectivity index (χ1v) is 6.43. The minimum Gasteiger partial charge on any atom is -0.480 e. The molecule has 0 aliphatic carbocycles. The fourth-order valence-corrected chi connectivity index (χ4v) is 2.11. The van der Waals surface area contributed by atoms with Crippen molar-refractivity contribution in [3.8, 4) is 0 Å². The zero-order valence-electron chi connectivity index (χ0n) is 11.8. The quantitative estimate of drug-likeness (QED) is 0.677. The normalized spacial score (nSPS) is 15.2. The molecule has 102 valence electrons. The molecule has 0 aromatic heterocycles. The van der Waals surface area contributed by atoms with Gasteiger partial charge in [-0.25, -0.2) is 0 Å². The Bertz CT molecular complexity index is 229. The van der Waals surface area contributed by atoms with E-state index in [0.29, 0.717) is 5.92 Å². The van der Waals surface area contributed by atoms with E-state index in [1.54, 1.807) is 14.0 Å². The van der Waals surface area contributed by atoms with E-state index < -0.39 is 11.5 Å². The molecular formula is C13H27NO3. The Morgan fingerprint density at radius 1 is 1.35 bits per heavy atom. The number of likely N-dealkylation sites (N-methyl/N-ethyl adjacent to an activating group) is 1. The van der Waals surface area contributed by atoms with Gasteiger partial charge >= 0.3 is 5.97 Å². The van der Waals surface area contributed by atoms with Gasteiger partial charge in [0.15, 0.2) is 0 Å².